The van der Waals surface area contributed by atoms with Crippen molar-refractivity contribution in [2.24, 2.45) is 0 Å². The van der Waals surface area contributed by atoms with Crippen LogP contribution in [-0.4, -0.2) is 53.7 Å². The summed E-state index contributed by atoms with van der Waals surface area (Å²) in [7, 11) is 0. The van der Waals surface area contributed by atoms with E-state index in [-0.39, 0.29) is 6.10 Å². The van der Waals surface area contributed by atoms with Crippen LogP contribution in [0.4, 0.5) is 0 Å². The highest BCUT2D eigenvalue weighted by Crippen LogP contribution is 2.23. The van der Waals surface area contributed by atoms with E-state index in [1.165, 1.54) is 45.4 Å². The highest BCUT2D eigenvalue weighted by atomic mass is 79.9. The molecule has 21 heavy (non-hydrogen) atoms. The van der Waals surface area contributed by atoms with Crippen molar-refractivity contribution in [3.63, 3.8) is 0 Å². The molecule has 116 valence electrons. The second kappa shape index (κ2) is 7.23. The molecule has 1 aromatic rings. The average Bonchev–Trinajstić information content (AvgIpc) is 2.83. The molecule has 2 unspecified atom stereocenters. The lowest BCUT2D eigenvalue weighted by atomic mass is 10.1. The second-order valence-corrected chi connectivity index (χ2v) is 7.26. The molecule has 0 aliphatic carbocycles. The van der Waals surface area contributed by atoms with Crippen LogP contribution >= 0.6 is 15.9 Å². The second-order valence-electron chi connectivity index (χ2n) is 6.34. The first-order chi connectivity index (χ1) is 10.2. The van der Waals surface area contributed by atoms with E-state index in [0.717, 1.165) is 29.0 Å². The van der Waals surface area contributed by atoms with Gasteiger partial charge in [0.15, 0.2) is 0 Å². The van der Waals surface area contributed by atoms with Crippen molar-refractivity contribution in [3.05, 3.63) is 34.3 Å². The van der Waals surface area contributed by atoms with Gasteiger partial charge in [-0.15, -0.1) is 0 Å². The fraction of sp³-hybridized carbons (Fsp3) is 0.647. The first-order valence-electron chi connectivity index (χ1n) is 8.12. The third-order valence-electron chi connectivity index (χ3n) is 4.86. The van der Waals surface area contributed by atoms with Gasteiger partial charge in [-0.1, -0.05) is 28.1 Å². The van der Waals surface area contributed by atoms with Gasteiger partial charge in [-0.05, 0) is 63.0 Å². The summed E-state index contributed by atoms with van der Waals surface area (Å²) in [4.78, 5) is 5.21. The molecule has 3 nitrogen and oxygen atoms in total. The van der Waals surface area contributed by atoms with Crippen molar-refractivity contribution < 1.29 is 5.11 Å². The van der Waals surface area contributed by atoms with Crippen LogP contribution < -0.4 is 0 Å². The summed E-state index contributed by atoms with van der Waals surface area (Å²) < 4.78 is 1.06. The number of benzene rings is 1. The zero-order valence-electron chi connectivity index (χ0n) is 12.5. The molecule has 0 radical (unpaired) electrons. The number of hydrogen-bond donors (Lipinski definition) is 1. The maximum atomic E-state index is 10.3. The predicted octanol–water partition coefficient (Wildman–Crippen LogP) is 3.04. The largest absolute Gasteiger partial charge is 0.388 e. The Morgan fingerprint density at radius 2 is 1.90 bits per heavy atom. The van der Waals surface area contributed by atoms with Crippen LogP contribution in [-0.2, 0) is 0 Å². The van der Waals surface area contributed by atoms with Gasteiger partial charge in [0.1, 0.15) is 0 Å². The molecular weight excluding hydrogens is 328 g/mol. The average molecular weight is 353 g/mol. The summed E-state index contributed by atoms with van der Waals surface area (Å²) in [5.74, 6) is 0. The van der Waals surface area contributed by atoms with Crippen LogP contribution in [0.5, 0.6) is 0 Å². The molecule has 2 saturated heterocycles. The maximum absolute atomic E-state index is 10.3. The van der Waals surface area contributed by atoms with E-state index in [2.05, 4.69) is 25.7 Å². The molecule has 0 bridgehead atoms. The van der Waals surface area contributed by atoms with Gasteiger partial charge in [-0.2, -0.15) is 0 Å². The number of fused-ring (bicyclic) bond motifs is 1. The van der Waals surface area contributed by atoms with Crippen molar-refractivity contribution in [1.29, 1.82) is 0 Å². The lowest BCUT2D eigenvalue weighted by Crippen LogP contribution is -2.37. The van der Waals surface area contributed by atoms with E-state index >= 15 is 0 Å². The summed E-state index contributed by atoms with van der Waals surface area (Å²) in [6, 6.07) is 8.78. The Kier molecular flexibility index (Phi) is 5.33. The Morgan fingerprint density at radius 3 is 2.71 bits per heavy atom. The first-order valence-corrected chi connectivity index (χ1v) is 8.91. The summed E-state index contributed by atoms with van der Waals surface area (Å²) in [5.41, 5.74) is 1.02. The Morgan fingerprint density at radius 1 is 1.14 bits per heavy atom. The lowest BCUT2D eigenvalue weighted by Gasteiger charge is -2.26. The molecule has 2 aliphatic rings. The molecule has 2 heterocycles. The van der Waals surface area contributed by atoms with Crippen LogP contribution in [0, 0.1) is 0 Å². The number of halogens is 1. The minimum absolute atomic E-state index is 0.346. The Labute approximate surface area is 136 Å². The van der Waals surface area contributed by atoms with Gasteiger partial charge >= 0.3 is 0 Å². The Balaban J connectivity index is 1.50. The van der Waals surface area contributed by atoms with Gasteiger partial charge < -0.3 is 10.0 Å². The number of aliphatic hydroxyl groups excluding tert-OH is 1. The number of aliphatic hydroxyl groups is 1. The third-order valence-corrected chi connectivity index (χ3v) is 5.39. The molecular formula is C17H25BrN2O. The lowest BCUT2D eigenvalue weighted by molar-refractivity contribution is 0.137. The van der Waals surface area contributed by atoms with Gasteiger partial charge in [-0.3, -0.25) is 4.90 Å². The Bertz CT molecular complexity index is 451. The minimum Gasteiger partial charge on any atom is -0.388 e. The molecule has 1 N–H and O–H groups in total. The Hall–Kier alpha value is -0.420. The van der Waals surface area contributed by atoms with Crippen LogP contribution in [0.2, 0.25) is 0 Å². The number of rotatable bonds is 4. The quantitative estimate of drug-likeness (QED) is 0.901. The van der Waals surface area contributed by atoms with Crippen LogP contribution in [0.3, 0.4) is 0 Å². The first kappa shape index (κ1) is 15.5. The van der Waals surface area contributed by atoms with Crippen molar-refractivity contribution in [3.8, 4) is 0 Å². The topological polar surface area (TPSA) is 26.7 Å². The fourth-order valence-corrected chi connectivity index (χ4v) is 3.91. The van der Waals surface area contributed by atoms with Gasteiger partial charge in [0.05, 0.1) is 6.10 Å². The summed E-state index contributed by atoms with van der Waals surface area (Å²) >= 11 is 3.44. The molecule has 4 heteroatoms. The normalized spacial score (nSPS) is 25.5. The van der Waals surface area contributed by atoms with Gasteiger partial charge in [-0.25, -0.2) is 0 Å². The van der Waals surface area contributed by atoms with E-state index in [1.807, 2.05) is 24.3 Å². The monoisotopic (exact) mass is 352 g/mol. The van der Waals surface area contributed by atoms with E-state index in [4.69, 9.17) is 0 Å². The van der Waals surface area contributed by atoms with Crippen LogP contribution in [0.15, 0.2) is 28.7 Å². The molecule has 2 aliphatic heterocycles. The van der Waals surface area contributed by atoms with Crippen molar-refractivity contribution in [2.75, 3.05) is 32.7 Å². The van der Waals surface area contributed by atoms with E-state index in [1.54, 1.807) is 0 Å². The molecule has 2 atom stereocenters. The molecule has 0 amide bonds. The smallest absolute Gasteiger partial charge is 0.0802 e. The van der Waals surface area contributed by atoms with Gasteiger partial charge in [0.25, 0.3) is 0 Å². The molecule has 1 aromatic carbocycles. The fourth-order valence-electron chi connectivity index (χ4n) is 3.64. The van der Waals surface area contributed by atoms with Gasteiger partial charge in [0, 0.05) is 23.6 Å². The predicted molar refractivity (Wildman–Crippen MR) is 89.4 cm³/mol. The van der Waals surface area contributed by atoms with Crippen LogP contribution in [0.1, 0.15) is 37.4 Å². The van der Waals surface area contributed by atoms with E-state index in [0.29, 0.717) is 0 Å². The van der Waals surface area contributed by atoms with Crippen molar-refractivity contribution >= 4 is 15.9 Å². The molecule has 2 fully saturated rings. The van der Waals surface area contributed by atoms with Gasteiger partial charge in [0.2, 0.25) is 0 Å². The van der Waals surface area contributed by atoms with E-state index in [9.17, 15) is 5.11 Å². The summed E-state index contributed by atoms with van der Waals surface area (Å²) in [6.07, 6.45) is 4.46. The number of nitrogens with zero attached hydrogens (tertiary/aromatic N) is 2. The van der Waals surface area contributed by atoms with E-state index < -0.39 is 0 Å². The summed E-state index contributed by atoms with van der Waals surface area (Å²) in [5, 5.41) is 10.3. The maximum Gasteiger partial charge on any atom is 0.0802 e. The summed E-state index contributed by atoms with van der Waals surface area (Å²) in [6.45, 7) is 5.92. The highest BCUT2D eigenvalue weighted by molar-refractivity contribution is 9.10. The molecule has 0 saturated carbocycles. The standard InChI is InChI=1S/C17H25BrN2O/c18-15-6-4-14(5-7-15)17(21)8-12-19-9-2-11-20-10-1-3-16(20)13-19/h4-7,16-17,21H,1-3,8-13H2. The highest BCUT2D eigenvalue weighted by Gasteiger charge is 2.28. The van der Waals surface area contributed by atoms with Crippen molar-refractivity contribution in [1.82, 2.24) is 9.80 Å². The van der Waals surface area contributed by atoms with Crippen LogP contribution in [0.25, 0.3) is 0 Å². The van der Waals surface area contributed by atoms with Crippen molar-refractivity contribution in [2.45, 2.75) is 37.8 Å². The zero-order chi connectivity index (χ0) is 14.7. The number of hydrogen-bond acceptors (Lipinski definition) is 3. The zero-order valence-corrected chi connectivity index (χ0v) is 14.1. The molecule has 3 rings (SSSR count). The SMILES string of the molecule is OC(CCN1CCCN2CCCC2C1)c1ccc(Br)cc1. The molecule has 0 aromatic heterocycles. The minimum atomic E-state index is -0.346. The third kappa shape index (κ3) is 4.07. The molecule has 0 spiro atoms.